The maximum atomic E-state index is 11.8. The van der Waals surface area contributed by atoms with Crippen molar-refractivity contribution in [1.29, 1.82) is 0 Å². The van der Waals surface area contributed by atoms with Crippen molar-refractivity contribution in [3.8, 4) is 0 Å². The molecule has 0 saturated carbocycles. The first-order valence-electron chi connectivity index (χ1n) is 6.66. The van der Waals surface area contributed by atoms with E-state index < -0.39 is 0 Å². The van der Waals surface area contributed by atoms with E-state index >= 15 is 0 Å². The fourth-order valence-electron chi connectivity index (χ4n) is 1.82. The number of aryl methyl sites for hydroxylation is 2. The van der Waals surface area contributed by atoms with Crippen molar-refractivity contribution in [2.24, 2.45) is 7.05 Å². The normalized spacial score (nSPS) is 10.6. The first-order valence-corrected chi connectivity index (χ1v) is 7.03. The van der Waals surface area contributed by atoms with E-state index in [1.165, 1.54) is 0 Å². The summed E-state index contributed by atoms with van der Waals surface area (Å²) >= 11 is 5.91. The van der Waals surface area contributed by atoms with Crippen molar-refractivity contribution in [3.05, 3.63) is 40.9 Å². The molecule has 7 heteroatoms. The van der Waals surface area contributed by atoms with Crippen LogP contribution in [0.2, 0.25) is 5.02 Å². The van der Waals surface area contributed by atoms with Crippen molar-refractivity contribution in [2.45, 2.75) is 13.3 Å². The van der Waals surface area contributed by atoms with Gasteiger partial charge in [-0.25, -0.2) is 4.98 Å². The van der Waals surface area contributed by atoms with Crippen molar-refractivity contribution in [1.82, 2.24) is 20.1 Å². The molecule has 0 unspecified atom stereocenters. The quantitative estimate of drug-likeness (QED) is 0.794. The minimum atomic E-state index is -0.102. The second-order valence-corrected chi connectivity index (χ2v) is 5.21. The molecule has 0 radical (unpaired) electrons. The third kappa shape index (κ3) is 4.84. The highest BCUT2D eigenvalue weighted by atomic mass is 35.5. The molecule has 0 fully saturated rings. The van der Waals surface area contributed by atoms with E-state index in [2.05, 4.69) is 20.7 Å². The number of carbonyl (C=O) groups excluding carboxylic acids is 1. The van der Waals surface area contributed by atoms with E-state index in [-0.39, 0.29) is 12.5 Å². The minimum absolute atomic E-state index is 0.102. The Bertz CT molecular complexity index is 626. The van der Waals surface area contributed by atoms with Crippen LogP contribution in [0.4, 0.5) is 5.69 Å². The highest BCUT2D eigenvalue weighted by Crippen LogP contribution is 2.19. The molecule has 2 rings (SSSR count). The molecule has 21 heavy (non-hydrogen) atoms. The fraction of sp³-hybridized carbons (Fsp3) is 0.357. The lowest BCUT2D eigenvalue weighted by Gasteiger charge is -2.09. The van der Waals surface area contributed by atoms with Gasteiger partial charge in [0.2, 0.25) is 5.91 Å². The SMILES string of the molecule is Cc1ccc(Cl)cc1NC(=O)CNCCc1ncn(C)n1. The number of carbonyl (C=O) groups is 1. The monoisotopic (exact) mass is 307 g/mol. The number of nitrogens with one attached hydrogen (secondary N) is 2. The molecule has 6 nitrogen and oxygen atoms in total. The largest absolute Gasteiger partial charge is 0.325 e. The van der Waals surface area contributed by atoms with Crippen LogP contribution in [0.3, 0.4) is 0 Å². The topological polar surface area (TPSA) is 71.8 Å². The van der Waals surface area contributed by atoms with Crippen LogP contribution < -0.4 is 10.6 Å². The van der Waals surface area contributed by atoms with Gasteiger partial charge in [-0.3, -0.25) is 9.48 Å². The van der Waals surface area contributed by atoms with Crippen LogP contribution >= 0.6 is 11.6 Å². The molecule has 2 aromatic rings. The Kier molecular flexibility index (Phi) is 5.30. The zero-order valence-corrected chi connectivity index (χ0v) is 12.8. The van der Waals surface area contributed by atoms with E-state index in [1.807, 2.05) is 20.0 Å². The van der Waals surface area contributed by atoms with Gasteiger partial charge >= 0.3 is 0 Å². The molecule has 2 N–H and O–H groups in total. The van der Waals surface area contributed by atoms with Crippen LogP contribution in [0.15, 0.2) is 24.5 Å². The standard InChI is InChI=1S/C14H18ClN5O/c1-10-3-4-11(15)7-12(10)18-14(21)8-16-6-5-13-17-9-20(2)19-13/h3-4,7,9,16H,5-6,8H2,1-2H3,(H,18,21). The van der Waals surface area contributed by atoms with E-state index in [0.29, 0.717) is 18.0 Å². The molecule has 0 aliphatic carbocycles. The number of halogens is 1. The van der Waals surface area contributed by atoms with Crippen molar-refractivity contribution >= 4 is 23.2 Å². The molecule has 1 heterocycles. The van der Waals surface area contributed by atoms with Gasteiger partial charge in [-0.05, 0) is 24.6 Å². The lowest BCUT2D eigenvalue weighted by atomic mass is 10.2. The Morgan fingerprint density at radius 1 is 1.43 bits per heavy atom. The van der Waals surface area contributed by atoms with Gasteiger partial charge in [0.05, 0.1) is 6.54 Å². The van der Waals surface area contributed by atoms with Crippen LogP contribution in [0.1, 0.15) is 11.4 Å². The van der Waals surface area contributed by atoms with E-state index in [4.69, 9.17) is 11.6 Å². The Labute approximate surface area is 128 Å². The van der Waals surface area contributed by atoms with Gasteiger partial charge in [0.1, 0.15) is 6.33 Å². The summed E-state index contributed by atoms with van der Waals surface area (Å²) in [6.07, 6.45) is 2.34. The van der Waals surface area contributed by atoms with Crippen LogP contribution in [0.5, 0.6) is 0 Å². The second kappa shape index (κ2) is 7.19. The lowest BCUT2D eigenvalue weighted by Crippen LogP contribution is -2.29. The molecule has 0 atom stereocenters. The van der Waals surface area contributed by atoms with Crippen molar-refractivity contribution in [3.63, 3.8) is 0 Å². The highest BCUT2D eigenvalue weighted by molar-refractivity contribution is 6.31. The van der Waals surface area contributed by atoms with Crippen LogP contribution in [0.25, 0.3) is 0 Å². The average Bonchev–Trinajstić information content (AvgIpc) is 2.85. The van der Waals surface area contributed by atoms with Gasteiger partial charge in [0.15, 0.2) is 5.82 Å². The lowest BCUT2D eigenvalue weighted by molar-refractivity contribution is -0.115. The summed E-state index contributed by atoms with van der Waals surface area (Å²) in [7, 11) is 1.82. The molecule has 0 aliphatic heterocycles. The first kappa shape index (κ1) is 15.5. The Balaban J connectivity index is 1.73. The maximum Gasteiger partial charge on any atom is 0.238 e. The third-order valence-corrected chi connectivity index (χ3v) is 3.17. The number of nitrogens with zero attached hydrogens (tertiary/aromatic N) is 3. The van der Waals surface area contributed by atoms with Crippen LogP contribution in [-0.2, 0) is 18.3 Å². The molecular formula is C14H18ClN5O. The molecule has 112 valence electrons. The average molecular weight is 308 g/mol. The Hall–Kier alpha value is -1.92. The Morgan fingerprint density at radius 2 is 2.24 bits per heavy atom. The third-order valence-electron chi connectivity index (χ3n) is 2.93. The van der Waals surface area contributed by atoms with Crippen molar-refractivity contribution < 1.29 is 4.79 Å². The van der Waals surface area contributed by atoms with Gasteiger partial charge in [0, 0.05) is 30.7 Å². The predicted molar refractivity (Wildman–Crippen MR) is 82.4 cm³/mol. The number of amides is 1. The van der Waals surface area contributed by atoms with Crippen LogP contribution in [-0.4, -0.2) is 33.8 Å². The molecule has 0 saturated heterocycles. The number of benzene rings is 1. The fourth-order valence-corrected chi connectivity index (χ4v) is 2.00. The number of anilines is 1. The summed E-state index contributed by atoms with van der Waals surface area (Å²) in [5, 5.41) is 10.7. The maximum absolute atomic E-state index is 11.8. The van der Waals surface area contributed by atoms with Gasteiger partial charge in [-0.2, -0.15) is 5.10 Å². The smallest absolute Gasteiger partial charge is 0.238 e. The van der Waals surface area contributed by atoms with Gasteiger partial charge in [0.25, 0.3) is 0 Å². The first-order chi connectivity index (χ1) is 10.0. The predicted octanol–water partition coefficient (Wildman–Crippen LogP) is 1.55. The zero-order chi connectivity index (χ0) is 15.2. The zero-order valence-electron chi connectivity index (χ0n) is 12.1. The summed E-state index contributed by atoms with van der Waals surface area (Å²) in [6, 6.07) is 5.41. The molecule has 0 spiro atoms. The summed E-state index contributed by atoms with van der Waals surface area (Å²) in [4.78, 5) is 16.0. The van der Waals surface area contributed by atoms with Gasteiger partial charge in [-0.1, -0.05) is 17.7 Å². The summed E-state index contributed by atoms with van der Waals surface area (Å²) in [5.41, 5.74) is 1.71. The number of rotatable bonds is 6. The molecule has 1 amide bonds. The van der Waals surface area contributed by atoms with E-state index in [0.717, 1.165) is 17.1 Å². The molecule has 0 bridgehead atoms. The number of hydrogen-bond acceptors (Lipinski definition) is 4. The summed E-state index contributed by atoms with van der Waals surface area (Å²) in [5.74, 6) is 0.658. The summed E-state index contributed by atoms with van der Waals surface area (Å²) < 4.78 is 1.66. The molecule has 1 aromatic heterocycles. The van der Waals surface area contributed by atoms with Gasteiger partial charge in [-0.15, -0.1) is 0 Å². The van der Waals surface area contributed by atoms with E-state index in [9.17, 15) is 4.79 Å². The second-order valence-electron chi connectivity index (χ2n) is 4.77. The molecular weight excluding hydrogens is 290 g/mol. The minimum Gasteiger partial charge on any atom is -0.325 e. The molecule has 1 aromatic carbocycles. The Morgan fingerprint density at radius 3 is 2.95 bits per heavy atom. The van der Waals surface area contributed by atoms with E-state index in [1.54, 1.807) is 23.1 Å². The highest BCUT2D eigenvalue weighted by Gasteiger charge is 2.05. The van der Waals surface area contributed by atoms with Crippen molar-refractivity contribution in [2.75, 3.05) is 18.4 Å². The molecule has 0 aliphatic rings. The number of hydrogen-bond donors (Lipinski definition) is 2. The van der Waals surface area contributed by atoms with Crippen LogP contribution in [0, 0.1) is 6.92 Å². The number of aromatic nitrogens is 3. The van der Waals surface area contributed by atoms with Gasteiger partial charge < -0.3 is 10.6 Å². The summed E-state index contributed by atoms with van der Waals surface area (Å²) in [6.45, 7) is 2.80.